The van der Waals surface area contributed by atoms with Gasteiger partial charge in [0.1, 0.15) is 6.07 Å². The smallest absolute Gasteiger partial charge is 0.253 e. The Morgan fingerprint density at radius 1 is 1.06 bits per heavy atom. The molecular weight excluding hydrogens is 432 g/mol. The Bertz CT molecular complexity index is 1250. The highest BCUT2D eigenvalue weighted by molar-refractivity contribution is 5.94. The van der Waals surface area contributed by atoms with E-state index < -0.39 is 0 Å². The van der Waals surface area contributed by atoms with Crippen LogP contribution < -0.4 is 14.4 Å². The van der Waals surface area contributed by atoms with Crippen molar-refractivity contribution in [2.45, 2.75) is 6.92 Å². The molecule has 34 heavy (non-hydrogen) atoms. The zero-order chi connectivity index (χ0) is 24.1. The highest BCUT2D eigenvalue weighted by atomic mass is 16.5. The van der Waals surface area contributed by atoms with Crippen LogP contribution in [0.5, 0.6) is 11.5 Å². The molecule has 174 valence electrons. The molecule has 0 unspecified atom stereocenters. The molecule has 0 atom stereocenters. The summed E-state index contributed by atoms with van der Waals surface area (Å²) in [6, 6.07) is 15.3. The third kappa shape index (κ3) is 4.89. The quantitative estimate of drug-likeness (QED) is 0.551. The van der Waals surface area contributed by atoms with Gasteiger partial charge in [0.25, 0.3) is 5.91 Å². The van der Waals surface area contributed by atoms with Crippen molar-refractivity contribution in [3.8, 4) is 17.6 Å². The van der Waals surface area contributed by atoms with Crippen LogP contribution in [-0.4, -0.2) is 56.2 Å². The van der Waals surface area contributed by atoms with Gasteiger partial charge < -0.3 is 23.7 Å². The van der Waals surface area contributed by atoms with Gasteiger partial charge in [-0.05, 0) is 42.8 Å². The molecule has 0 saturated carbocycles. The monoisotopic (exact) mass is 458 g/mol. The minimum absolute atomic E-state index is 0.0139. The first kappa shape index (κ1) is 22.9. The van der Waals surface area contributed by atoms with Gasteiger partial charge in [0.05, 0.1) is 14.2 Å². The average molecular weight is 459 g/mol. The lowest BCUT2D eigenvalue weighted by atomic mass is 10.1. The predicted molar refractivity (Wildman–Crippen MR) is 129 cm³/mol. The van der Waals surface area contributed by atoms with Crippen LogP contribution in [0.2, 0.25) is 0 Å². The van der Waals surface area contributed by atoms with Crippen molar-refractivity contribution in [2.75, 3.05) is 45.3 Å². The van der Waals surface area contributed by atoms with E-state index in [9.17, 15) is 10.1 Å². The lowest BCUT2D eigenvalue weighted by Gasteiger charge is -2.34. The highest BCUT2D eigenvalue weighted by Gasteiger charge is 2.26. The Balaban J connectivity index is 1.45. The second-order valence-electron chi connectivity index (χ2n) is 7.91. The third-order valence-electron chi connectivity index (χ3n) is 5.68. The SMILES string of the molecule is COc1ccc(C=Cc2nc(C#N)c(N3CCN(C(=O)c4cccc(C)c4)CC3)o2)cc1OC. The van der Waals surface area contributed by atoms with Crippen molar-refractivity contribution in [1.29, 1.82) is 5.26 Å². The number of aryl methyl sites for hydroxylation is 1. The predicted octanol–water partition coefficient (Wildman–Crippen LogP) is 4.00. The lowest BCUT2D eigenvalue weighted by Crippen LogP contribution is -2.48. The summed E-state index contributed by atoms with van der Waals surface area (Å²) in [5.74, 6) is 2.04. The van der Waals surface area contributed by atoms with Crippen LogP contribution in [0, 0.1) is 18.3 Å². The minimum Gasteiger partial charge on any atom is -0.493 e. The van der Waals surface area contributed by atoms with Gasteiger partial charge in [0.15, 0.2) is 11.5 Å². The van der Waals surface area contributed by atoms with Crippen LogP contribution in [-0.2, 0) is 0 Å². The van der Waals surface area contributed by atoms with Gasteiger partial charge in [-0.25, -0.2) is 0 Å². The molecule has 1 saturated heterocycles. The second-order valence-corrected chi connectivity index (χ2v) is 7.91. The largest absolute Gasteiger partial charge is 0.493 e. The summed E-state index contributed by atoms with van der Waals surface area (Å²) < 4.78 is 16.5. The molecule has 4 rings (SSSR count). The summed E-state index contributed by atoms with van der Waals surface area (Å²) >= 11 is 0. The average Bonchev–Trinajstić information content (AvgIpc) is 3.30. The number of hydrogen-bond donors (Lipinski definition) is 0. The van der Waals surface area contributed by atoms with Crippen molar-refractivity contribution in [2.24, 2.45) is 0 Å². The Labute approximate surface area is 198 Å². The number of nitrogens with zero attached hydrogens (tertiary/aromatic N) is 4. The summed E-state index contributed by atoms with van der Waals surface area (Å²) in [5.41, 5.74) is 2.84. The van der Waals surface area contributed by atoms with Gasteiger partial charge in [-0.3, -0.25) is 4.79 Å². The number of nitriles is 1. The molecule has 1 aliphatic heterocycles. The van der Waals surface area contributed by atoms with E-state index in [1.807, 2.05) is 65.3 Å². The number of piperazine rings is 1. The van der Waals surface area contributed by atoms with Crippen LogP contribution in [0.1, 0.15) is 33.1 Å². The number of amides is 1. The number of aromatic nitrogens is 1. The first-order valence-electron chi connectivity index (χ1n) is 10.9. The Hall–Kier alpha value is -4.25. The molecule has 0 aliphatic carbocycles. The van der Waals surface area contributed by atoms with E-state index in [2.05, 4.69) is 11.1 Å². The molecule has 0 spiro atoms. The van der Waals surface area contributed by atoms with E-state index in [1.54, 1.807) is 20.3 Å². The van der Waals surface area contributed by atoms with Crippen LogP contribution in [0.3, 0.4) is 0 Å². The number of carbonyl (C=O) groups excluding carboxylic acids is 1. The summed E-state index contributed by atoms with van der Waals surface area (Å²) in [6.45, 7) is 4.16. The van der Waals surface area contributed by atoms with E-state index >= 15 is 0 Å². The molecule has 1 amide bonds. The van der Waals surface area contributed by atoms with Crippen molar-refractivity contribution in [3.05, 3.63) is 70.7 Å². The van der Waals surface area contributed by atoms with Crippen molar-refractivity contribution in [1.82, 2.24) is 9.88 Å². The maximum absolute atomic E-state index is 12.8. The summed E-state index contributed by atoms with van der Waals surface area (Å²) in [5, 5.41) is 9.57. The van der Waals surface area contributed by atoms with Crippen LogP contribution in [0.4, 0.5) is 5.88 Å². The topological polar surface area (TPSA) is 91.8 Å². The van der Waals surface area contributed by atoms with E-state index in [0.29, 0.717) is 55.0 Å². The van der Waals surface area contributed by atoms with Gasteiger partial charge in [-0.2, -0.15) is 10.2 Å². The van der Waals surface area contributed by atoms with Crippen LogP contribution in [0.15, 0.2) is 46.9 Å². The number of hydrogen-bond acceptors (Lipinski definition) is 7. The molecule has 2 aromatic carbocycles. The summed E-state index contributed by atoms with van der Waals surface area (Å²) in [4.78, 5) is 20.9. The fraction of sp³-hybridized carbons (Fsp3) is 0.269. The molecule has 0 bridgehead atoms. The molecular formula is C26H26N4O4. The molecule has 3 aromatic rings. The Morgan fingerprint density at radius 3 is 2.50 bits per heavy atom. The van der Waals surface area contributed by atoms with Crippen LogP contribution in [0.25, 0.3) is 12.2 Å². The molecule has 0 N–H and O–H groups in total. The molecule has 1 aliphatic rings. The number of anilines is 1. The van der Waals surface area contributed by atoms with Gasteiger partial charge in [-0.15, -0.1) is 0 Å². The number of methoxy groups -OCH3 is 2. The molecule has 0 radical (unpaired) electrons. The number of benzene rings is 2. The summed E-state index contributed by atoms with van der Waals surface area (Å²) in [6.07, 6.45) is 3.54. The fourth-order valence-electron chi connectivity index (χ4n) is 3.88. The minimum atomic E-state index is 0.0139. The van der Waals surface area contributed by atoms with E-state index in [-0.39, 0.29) is 11.6 Å². The summed E-state index contributed by atoms with van der Waals surface area (Å²) in [7, 11) is 3.17. The Morgan fingerprint density at radius 2 is 1.82 bits per heavy atom. The zero-order valence-electron chi connectivity index (χ0n) is 19.4. The van der Waals surface area contributed by atoms with Gasteiger partial charge >= 0.3 is 0 Å². The normalized spacial score (nSPS) is 13.7. The third-order valence-corrected chi connectivity index (χ3v) is 5.68. The van der Waals surface area contributed by atoms with Gasteiger partial charge in [0.2, 0.25) is 17.5 Å². The van der Waals surface area contributed by atoms with Crippen molar-refractivity contribution in [3.63, 3.8) is 0 Å². The number of carbonyl (C=O) groups is 1. The van der Waals surface area contributed by atoms with E-state index in [1.165, 1.54) is 0 Å². The first-order valence-corrected chi connectivity index (χ1v) is 10.9. The number of ether oxygens (including phenoxy) is 2. The first-order chi connectivity index (χ1) is 16.5. The standard InChI is InChI=1S/C26H26N4O4/c1-18-5-4-6-20(15-18)25(31)29-11-13-30(14-12-29)26-21(17-27)28-24(34-26)10-8-19-7-9-22(32-2)23(16-19)33-3/h4-10,15-16H,11-14H2,1-3H3. The van der Waals surface area contributed by atoms with Crippen molar-refractivity contribution >= 4 is 23.9 Å². The second kappa shape index (κ2) is 10.1. The Kier molecular flexibility index (Phi) is 6.83. The van der Waals surface area contributed by atoms with Gasteiger partial charge in [-0.1, -0.05) is 23.8 Å². The molecule has 8 heteroatoms. The molecule has 8 nitrogen and oxygen atoms in total. The van der Waals surface area contributed by atoms with Gasteiger partial charge in [0, 0.05) is 37.8 Å². The highest BCUT2D eigenvalue weighted by Crippen LogP contribution is 2.29. The number of oxazole rings is 1. The maximum Gasteiger partial charge on any atom is 0.253 e. The lowest BCUT2D eigenvalue weighted by molar-refractivity contribution is 0.0745. The zero-order valence-corrected chi connectivity index (χ0v) is 19.4. The fourth-order valence-corrected chi connectivity index (χ4v) is 3.88. The van der Waals surface area contributed by atoms with Crippen LogP contribution >= 0.6 is 0 Å². The molecule has 1 fully saturated rings. The van der Waals surface area contributed by atoms with E-state index in [0.717, 1.165) is 11.1 Å². The maximum atomic E-state index is 12.8. The van der Waals surface area contributed by atoms with E-state index in [4.69, 9.17) is 13.9 Å². The molecule has 2 heterocycles. The van der Waals surface area contributed by atoms with Crippen molar-refractivity contribution < 1.29 is 18.7 Å². The molecule has 1 aromatic heterocycles. The number of rotatable bonds is 6.